The van der Waals surface area contributed by atoms with Crippen LogP contribution in [-0.4, -0.2) is 36.1 Å². The molecule has 6 nitrogen and oxygen atoms in total. The third-order valence-corrected chi connectivity index (χ3v) is 3.24. The summed E-state index contributed by atoms with van der Waals surface area (Å²) in [6.07, 6.45) is -3.46. The number of rotatable bonds is 6. The lowest BCUT2D eigenvalue weighted by Gasteiger charge is -2.13. The quantitative estimate of drug-likeness (QED) is 0.315. The van der Waals surface area contributed by atoms with Crippen LogP contribution >= 0.6 is 0 Å². The van der Waals surface area contributed by atoms with Crippen molar-refractivity contribution in [2.75, 3.05) is 25.5 Å². The molecule has 0 unspecified atom stereocenters. The molecule has 1 aromatic heterocycles. The van der Waals surface area contributed by atoms with E-state index in [0.717, 1.165) is 17.8 Å². The molecule has 26 heavy (non-hydrogen) atoms. The summed E-state index contributed by atoms with van der Waals surface area (Å²) in [7, 11) is 1.59. The Kier molecular flexibility index (Phi) is 6.70. The Morgan fingerprint density at radius 3 is 2.46 bits per heavy atom. The summed E-state index contributed by atoms with van der Waals surface area (Å²) >= 11 is 0. The van der Waals surface area contributed by atoms with Crippen molar-refractivity contribution < 1.29 is 17.6 Å². The second kappa shape index (κ2) is 8.97. The van der Waals surface area contributed by atoms with E-state index in [4.69, 9.17) is 0 Å². The van der Waals surface area contributed by atoms with Gasteiger partial charge in [0, 0.05) is 32.9 Å². The molecule has 2 rings (SSSR count). The van der Waals surface area contributed by atoms with E-state index >= 15 is 0 Å². The summed E-state index contributed by atoms with van der Waals surface area (Å²) in [6.45, 7) is 1.12. The smallest absolute Gasteiger partial charge is 0.355 e. The zero-order chi connectivity index (χ0) is 19.0. The molecule has 3 N–H and O–H groups in total. The molecule has 0 saturated carbocycles. The maximum Gasteiger partial charge on any atom is 0.433 e. The van der Waals surface area contributed by atoms with Gasteiger partial charge >= 0.3 is 6.18 Å². The first-order chi connectivity index (χ1) is 12.4. The minimum Gasteiger partial charge on any atom is -0.355 e. The molecule has 0 atom stereocenters. The number of anilines is 1. The Bertz CT molecular complexity index is 730. The van der Waals surface area contributed by atoms with Gasteiger partial charge in [-0.1, -0.05) is 12.1 Å². The number of aliphatic imine (C=N–C) groups is 1. The van der Waals surface area contributed by atoms with Crippen molar-refractivity contribution in [2.24, 2.45) is 4.99 Å². The first-order valence-electron chi connectivity index (χ1n) is 7.71. The van der Waals surface area contributed by atoms with Crippen LogP contribution in [0.4, 0.5) is 23.5 Å². The lowest BCUT2D eigenvalue weighted by molar-refractivity contribution is -0.141. The van der Waals surface area contributed by atoms with E-state index < -0.39 is 11.9 Å². The Morgan fingerprint density at radius 2 is 1.81 bits per heavy atom. The van der Waals surface area contributed by atoms with Gasteiger partial charge in [0.25, 0.3) is 0 Å². The third kappa shape index (κ3) is 6.19. The fourth-order valence-corrected chi connectivity index (χ4v) is 1.97. The highest BCUT2D eigenvalue weighted by molar-refractivity contribution is 5.79. The first-order valence-corrected chi connectivity index (χ1v) is 7.71. The van der Waals surface area contributed by atoms with Crippen LogP contribution in [0.2, 0.25) is 0 Å². The van der Waals surface area contributed by atoms with Gasteiger partial charge in [0.2, 0.25) is 5.95 Å². The molecule has 0 radical (unpaired) electrons. The number of hydrogen-bond donors (Lipinski definition) is 3. The molecular weight excluding hydrogens is 352 g/mol. The number of halogens is 4. The minimum absolute atomic E-state index is 0.101. The molecule has 0 bridgehead atoms. The highest BCUT2D eigenvalue weighted by Gasteiger charge is 2.32. The molecule has 0 fully saturated rings. The first kappa shape index (κ1) is 19.4. The van der Waals surface area contributed by atoms with Gasteiger partial charge in [0.1, 0.15) is 11.5 Å². The van der Waals surface area contributed by atoms with Crippen LogP contribution in [0.3, 0.4) is 0 Å². The molecule has 0 aliphatic carbocycles. The molecule has 10 heteroatoms. The summed E-state index contributed by atoms with van der Waals surface area (Å²) in [5.74, 6) is 0.0936. The zero-order valence-corrected chi connectivity index (χ0v) is 13.9. The summed E-state index contributed by atoms with van der Waals surface area (Å²) in [5, 5.41) is 8.74. The van der Waals surface area contributed by atoms with E-state index in [0.29, 0.717) is 25.6 Å². The fourth-order valence-electron chi connectivity index (χ4n) is 1.97. The van der Waals surface area contributed by atoms with Gasteiger partial charge in [0.05, 0.1) is 0 Å². The second-order valence-electron chi connectivity index (χ2n) is 5.17. The topological polar surface area (TPSA) is 74.2 Å². The lowest BCUT2D eigenvalue weighted by atomic mass is 10.2. The van der Waals surface area contributed by atoms with Crippen molar-refractivity contribution in [3.8, 4) is 0 Å². The van der Waals surface area contributed by atoms with E-state index in [1.165, 1.54) is 12.1 Å². The Hall–Kier alpha value is -2.91. The average molecular weight is 370 g/mol. The van der Waals surface area contributed by atoms with Crippen molar-refractivity contribution in [1.82, 2.24) is 20.6 Å². The SMILES string of the molecule is CN=C(NCCNc1nccc(C(F)(F)F)n1)NCc1ccc(F)cc1. The maximum atomic E-state index is 12.9. The van der Waals surface area contributed by atoms with E-state index in [9.17, 15) is 17.6 Å². The van der Waals surface area contributed by atoms with Gasteiger partial charge in [-0.15, -0.1) is 0 Å². The van der Waals surface area contributed by atoms with Gasteiger partial charge in [0.15, 0.2) is 5.96 Å². The van der Waals surface area contributed by atoms with Gasteiger partial charge in [-0.3, -0.25) is 4.99 Å². The van der Waals surface area contributed by atoms with E-state index in [1.54, 1.807) is 19.2 Å². The van der Waals surface area contributed by atoms with Crippen LogP contribution in [0.5, 0.6) is 0 Å². The van der Waals surface area contributed by atoms with Crippen LogP contribution < -0.4 is 16.0 Å². The molecule has 1 heterocycles. The number of alkyl halides is 3. The van der Waals surface area contributed by atoms with Gasteiger partial charge in [-0.05, 0) is 23.8 Å². The van der Waals surface area contributed by atoms with Crippen molar-refractivity contribution in [1.29, 1.82) is 0 Å². The molecule has 2 aromatic rings. The number of nitrogens with one attached hydrogen (secondary N) is 3. The van der Waals surface area contributed by atoms with Crippen molar-refractivity contribution in [3.05, 3.63) is 53.6 Å². The molecule has 1 aromatic carbocycles. The molecule has 0 saturated heterocycles. The normalized spacial score (nSPS) is 12.0. The maximum absolute atomic E-state index is 12.9. The zero-order valence-electron chi connectivity index (χ0n) is 13.9. The Balaban J connectivity index is 1.75. The number of hydrogen-bond acceptors (Lipinski definition) is 4. The van der Waals surface area contributed by atoms with Crippen molar-refractivity contribution >= 4 is 11.9 Å². The molecule has 0 aliphatic heterocycles. The standard InChI is InChI=1S/C16H18F4N6/c1-21-14(25-10-11-2-4-12(17)5-3-11)23-8-9-24-15-22-7-6-13(26-15)16(18,19)20/h2-7H,8-10H2,1H3,(H2,21,23,25)(H,22,24,26). The monoisotopic (exact) mass is 370 g/mol. The Labute approximate surface area is 147 Å². The van der Waals surface area contributed by atoms with Crippen LogP contribution in [0.1, 0.15) is 11.3 Å². The molecule has 0 aliphatic rings. The summed E-state index contributed by atoms with van der Waals surface area (Å²) < 4.78 is 50.6. The highest BCUT2D eigenvalue weighted by Crippen LogP contribution is 2.27. The van der Waals surface area contributed by atoms with Gasteiger partial charge < -0.3 is 16.0 Å². The Morgan fingerprint density at radius 1 is 1.08 bits per heavy atom. The van der Waals surface area contributed by atoms with Gasteiger partial charge in [-0.25, -0.2) is 14.4 Å². The van der Waals surface area contributed by atoms with Crippen LogP contribution in [0.25, 0.3) is 0 Å². The van der Waals surface area contributed by atoms with E-state index in [2.05, 4.69) is 30.9 Å². The van der Waals surface area contributed by atoms with Gasteiger partial charge in [-0.2, -0.15) is 13.2 Å². The van der Waals surface area contributed by atoms with E-state index in [-0.39, 0.29) is 11.8 Å². The van der Waals surface area contributed by atoms with Crippen LogP contribution in [-0.2, 0) is 12.7 Å². The molecule has 140 valence electrons. The second-order valence-corrected chi connectivity index (χ2v) is 5.17. The lowest BCUT2D eigenvalue weighted by Crippen LogP contribution is -2.39. The number of guanidine groups is 1. The minimum atomic E-state index is -4.51. The third-order valence-electron chi connectivity index (χ3n) is 3.24. The largest absolute Gasteiger partial charge is 0.433 e. The molecule has 0 spiro atoms. The predicted octanol–water partition coefficient (Wildman–Crippen LogP) is 2.41. The number of nitrogens with zero attached hydrogens (tertiary/aromatic N) is 3. The summed E-state index contributed by atoms with van der Waals surface area (Å²) in [4.78, 5) is 11.2. The molecular formula is C16H18F4N6. The highest BCUT2D eigenvalue weighted by atomic mass is 19.4. The van der Waals surface area contributed by atoms with E-state index in [1.807, 2.05) is 0 Å². The summed E-state index contributed by atoms with van der Waals surface area (Å²) in [6, 6.07) is 6.85. The predicted molar refractivity (Wildman–Crippen MR) is 90.1 cm³/mol. The van der Waals surface area contributed by atoms with Crippen molar-refractivity contribution in [3.63, 3.8) is 0 Å². The number of benzene rings is 1. The summed E-state index contributed by atoms with van der Waals surface area (Å²) in [5.41, 5.74) is -0.121. The van der Waals surface area contributed by atoms with Crippen LogP contribution in [0.15, 0.2) is 41.5 Å². The average Bonchev–Trinajstić information content (AvgIpc) is 2.62. The van der Waals surface area contributed by atoms with Crippen molar-refractivity contribution in [2.45, 2.75) is 12.7 Å². The molecule has 0 amide bonds. The number of aromatic nitrogens is 2. The fraction of sp³-hybridized carbons (Fsp3) is 0.312. The van der Waals surface area contributed by atoms with Crippen LogP contribution in [0, 0.1) is 5.82 Å².